The van der Waals surface area contributed by atoms with Crippen molar-refractivity contribution in [3.63, 3.8) is 0 Å². The van der Waals surface area contributed by atoms with Gasteiger partial charge in [0.15, 0.2) is 0 Å². The average Bonchev–Trinajstić information content (AvgIpc) is 3.10. The maximum Gasteiger partial charge on any atom is 0.142 e. The molecule has 1 N–H and O–H groups in total. The van der Waals surface area contributed by atoms with Gasteiger partial charge in [-0.25, -0.2) is 9.97 Å². The molecule has 1 saturated carbocycles. The Morgan fingerprint density at radius 3 is 3.00 bits per heavy atom. The molecule has 0 saturated heterocycles. The predicted octanol–water partition coefficient (Wildman–Crippen LogP) is 1.98. The number of hydrogen-bond donors (Lipinski definition) is 1. The first-order valence-corrected chi connectivity index (χ1v) is 6.67. The highest BCUT2D eigenvalue weighted by Gasteiger charge is 2.28. The van der Waals surface area contributed by atoms with Gasteiger partial charge in [-0.3, -0.25) is 4.90 Å². The van der Waals surface area contributed by atoms with Gasteiger partial charge in [0.25, 0.3) is 0 Å². The summed E-state index contributed by atoms with van der Waals surface area (Å²) in [5.74, 6) is 0.937. The summed E-state index contributed by atoms with van der Waals surface area (Å²) in [6, 6.07) is 1.35. The van der Waals surface area contributed by atoms with E-state index in [-0.39, 0.29) is 0 Å². The molecule has 1 fully saturated rings. The van der Waals surface area contributed by atoms with Crippen LogP contribution in [-0.4, -0.2) is 40.5 Å². The molecule has 1 aliphatic rings. The molecule has 5 heteroatoms. The molecule has 1 atom stereocenters. The van der Waals surface area contributed by atoms with Gasteiger partial charge in [0, 0.05) is 24.8 Å². The van der Waals surface area contributed by atoms with Crippen molar-refractivity contribution in [2.45, 2.75) is 31.8 Å². The second-order valence-electron chi connectivity index (χ2n) is 4.35. The largest absolute Gasteiger partial charge is 0.368 e. The molecule has 1 unspecified atom stereocenters. The molecule has 0 amide bonds. The second-order valence-corrected chi connectivity index (χ2v) is 5.51. The fraction of sp³-hybridized carbons (Fsp3) is 0.636. The summed E-state index contributed by atoms with van der Waals surface area (Å²) in [7, 11) is 2.20. The summed E-state index contributed by atoms with van der Waals surface area (Å²) in [4.78, 5) is 10.6. The van der Waals surface area contributed by atoms with Crippen LogP contribution in [-0.2, 0) is 0 Å². The zero-order valence-corrected chi connectivity index (χ0v) is 11.8. The van der Waals surface area contributed by atoms with Crippen LogP contribution in [0.3, 0.4) is 0 Å². The summed E-state index contributed by atoms with van der Waals surface area (Å²) in [6.45, 7) is 3.18. The summed E-state index contributed by atoms with van der Waals surface area (Å²) < 4.78 is 1.07. The van der Waals surface area contributed by atoms with Gasteiger partial charge in [0.05, 0.1) is 3.57 Å². The van der Waals surface area contributed by atoms with Gasteiger partial charge >= 0.3 is 0 Å². The molecule has 2 rings (SSSR count). The minimum absolute atomic E-state index is 0.540. The van der Waals surface area contributed by atoms with Gasteiger partial charge in [-0.05, 0) is 49.4 Å². The van der Waals surface area contributed by atoms with E-state index >= 15 is 0 Å². The molecule has 0 bridgehead atoms. The van der Waals surface area contributed by atoms with Crippen LogP contribution in [0.4, 0.5) is 5.82 Å². The number of nitrogens with zero attached hydrogens (tertiary/aromatic N) is 3. The Morgan fingerprint density at radius 2 is 2.38 bits per heavy atom. The van der Waals surface area contributed by atoms with Crippen molar-refractivity contribution in [3.05, 3.63) is 16.1 Å². The van der Waals surface area contributed by atoms with E-state index in [0.717, 1.165) is 22.0 Å². The third-order valence-corrected chi connectivity index (χ3v) is 3.84. The van der Waals surface area contributed by atoms with E-state index < -0.39 is 0 Å². The molecule has 1 aromatic heterocycles. The van der Waals surface area contributed by atoms with Crippen molar-refractivity contribution in [2.75, 3.05) is 18.9 Å². The molecule has 0 aromatic carbocycles. The standard InChI is InChI=1S/C11H17IN4/c1-8(16(2)9-3-4-9)5-14-11-10(12)6-13-7-15-11/h6-9H,3-5H2,1-2H3,(H,13,14,15). The Hall–Kier alpha value is -0.430. The quantitative estimate of drug-likeness (QED) is 0.837. The maximum atomic E-state index is 4.22. The van der Waals surface area contributed by atoms with Crippen LogP contribution in [0.5, 0.6) is 0 Å². The average molecular weight is 332 g/mol. The van der Waals surface area contributed by atoms with E-state index in [4.69, 9.17) is 0 Å². The van der Waals surface area contributed by atoms with E-state index in [1.54, 1.807) is 6.33 Å². The van der Waals surface area contributed by atoms with E-state index in [2.05, 4.69) is 56.7 Å². The highest BCUT2D eigenvalue weighted by Crippen LogP contribution is 2.27. The first-order chi connectivity index (χ1) is 7.68. The molecule has 4 nitrogen and oxygen atoms in total. The fourth-order valence-electron chi connectivity index (χ4n) is 1.67. The van der Waals surface area contributed by atoms with Crippen LogP contribution >= 0.6 is 22.6 Å². The van der Waals surface area contributed by atoms with Gasteiger partial charge in [-0.1, -0.05) is 0 Å². The number of hydrogen-bond acceptors (Lipinski definition) is 4. The van der Waals surface area contributed by atoms with E-state index in [9.17, 15) is 0 Å². The Balaban J connectivity index is 1.84. The van der Waals surface area contributed by atoms with Crippen molar-refractivity contribution >= 4 is 28.4 Å². The van der Waals surface area contributed by atoms with Crippen LogP contribution in [0.2, 0.25) is 0 Å². The van der Waals surface area contributed by atoms with Crippen LogP contribution in [0.1, 0.15) is 19.8 Å². The molecule has 1 aromatic rings. The van der Waals surface area contributed by atoms with Crippen molar-refractivity contribution in [1.29, 1.82) is 0 Å². The summed E-state index contributed by atoms with van der Waals surface area (Å²) in [6.07, 6.45) is 6.11. The number of anilines is 1. The lowest BCUT2D eigenvalue weighted by atomic mass is 10.3. The molecular weight excluding hydrogens is 315 g/mol. The van der Waals surface area contributed by atoms with Crippen molar-refractivity contribution < 1.29 is 0 Å². The summed E-state index contributed by atoms with van der Waals surface area (Å²) in [5, 5.41) is 3.38. The topological polar surface area (TPSA) is 41.1 Å². The molecule has 88 valence electrons. The minimum Gasteiger partial charge on any atom is -0.368 e. The lowest BCUT2D eigenvalue weighted by Gasteiger charge is -2.24. The van der Waals surface area contributed by atoms with E-state index in [0.29, 0.717) is 6.04 Å². The highest BCUT2D eigenvalue weighted by molar-refractivity contribution is 14.1. The lowest BCUT2D eigenvalue weighted by molar-refractivity contribution is 0.257. The first-order valence-electron chi connectivity index (χ1n) is 5.60. The van der Waals surface area contributed by atoms with Gasteiger partial charge in [0.2, 0.25) is 0 Å². The van der Waals surface area contributed by atoms with Crippen LogP contribution in [0, 0.1) is 3.57 Å². The normalized spacial score (nSPS) is 17.5. The number of likely N-dealkylation sites (N-methyl/N-ethyl adjacent to an activating group) is 1. The SMILES string of the molecule is CC(CNc1ncncc1I)N(C)C1CC1. The second kappa shape index (κ2) is 5.27. The monoisotopic (exact) mass is 332 g/mol. The third kappa shape index (κ3) is 3.04. The lowest BCUT2D eigenvalue weighted by Crippen LogP contribution is -2.36. The first kappa shape index (κ1) is 12.0. The van der Waals surface area contributed by atoms with Gasteiger partial charge in [0.1, 0.15) is 12.1 Å². The number of halogens is 1. The van der Waals surface area contributed by atoms with E-state index in [1.165, 1.54) is 12.8 Å². The summed E-state index contributed by atoms with van der Waals surface area (Å²) >= 11 is 2.25. The zero-order chi connectivity index (χ0) is 11.5. The molecule has 0 spiro atoms. The summed E-state index contributed by atoms with van der Waals surface area (Å²) in [5.41, 5.74) is 0. The van der Waals surface area contributed by atoms with Gasteiger partial charge in [-0.15, -0.1) is 0 Å². The molecule has 16 heavy (non-hydrogen) atoms. The smallest absolute Gasteiger partial charge is 0.142 e. The zero-order valence-electron chi connectivity index (χ0n) is 9.65. The molecule has 1 aliphatic carbocycles. The molecule has 0 radical (unpaired) electrons. The molecule has 1 heterocycles. The fourth-order valence-corrected chi connectivity index (χ4v) is 2.16. The molecule has 0 aliphatic heterocycles. The number of nitrogens with one attached hydrogen (secondary N) is 1. The third-order valence-electron chi connectivity index (χ3n) is 3.05. The molecular formula is C11H17IN4. The van der Waals surface area contributed by atoms with Crippen molar-refractivity contribution in [3.8, 4) is 0 Å². The minimum atomic E-state index is 0.540. The van der Waals surface area contributed by atoms with Crippen LogP contribution < -0.4 is 5.32 Å². The van der Waals surface area contributed by atoms with Gasteiger partial charge in [-0.2, -0.15) is 0 Å². The number of aromatic nitrogens is 2. The van der Waals surface area contributed by atoms with E-state index in [1.807, 2.05) is 6.20 Å². The Kier molecular flexibility index (Phi) is 3.96. The Labute approximate surface area is 110 Å². The van der Waals surface area contributed by atoms with Crippen molar-refractivity contribution in [2.24, 2.45) is 0 Å². The van der Waals surface area contributed by atoms with Crippen molar-refractivity contribution in [1.82, 2.24) is 14.9 Å². The van der Waals surface area contributed by atoms with Gasteiger partial charge < -0.3 is 5.32 Å². The Morgan fingerprint density at radius 1 is 1.62 bits per heavy atom. The Bertz CT molecular complexity index is 354. The van der Waals surface area contributed by atoms with Crippen LogP contribution in [0.15, 0.2) is 12.5 Å². The highest BCUT2D eigenvalue weighted by atomic mass is 127. The predicted molar refractivity (Wildman–Crippen MR) is 73.5 cm³/mol. The number of rotatable bonds is 5. The maximum absolute atomic E-state index is 4.22. The van der Waals surface area contributed by atoms with Crippen LogP contribution in [0.25, 0.3) is 0 Å².